The molecule has 3 spiro atoms. The first-order valence-electron chi connectivity index (χ1n) is 10.3. The molecule has 6 aliphatic rings. The monoisotopic (exact) mass is 398 g/mol. The number of amides is 1. The van der Waals surface area contributed by atoms with E-state index in [0.29, 0.717) is 18.6 Å². The topological polar surface area (TPSA) is 71.5 Å². The molecule has 1 N–H and O–H groups in total. The molecule has 29 heavy (non-hydrogen) atoms. The van der Waals surface area contributed by atoms with Crippen molar-refractivity contribution in [3.63, 3.8) is 0 Å². The largest absolute Gasteiger partial charge is 0.504 e. The lowest BCUT2D eigenvalue weighted by molar-refractivity contribution is -0.279. The Bertz CT molecular complexity index is 963. The SMILES string of the molecule is C=C1OC23CCC4(CC25CCN(C)C3Cc2ccc(O)c(c25)OCO4)N(C)C1=O. The molecule has 0 aromatic heterocycles. The molecule has 1 saturated carbocycles. The fraction of sp³-hybridized carbons (Fsp3) is 0.591. The fourth-order valence-electron chi connectivity index (χ4n) is 6.96. The lowest BCUT2D eigenvalue weighted by atomic mass is 9.47. The van der Waals surface area contributed by atoms with Crippen molar-refractivity contribution in [3.8, 4) is 11.5 Å². The summed E-state index contributed by atoms with van der Waals surface area (Å²) in [5.41, 5.74) is 0.432. The van der Waals surface area contributed by atoms with Gasteiger partial charge in [0.05, 0.1) is 6.04 Å². The summed E-state index contributed by atoms with van der Waals surface area (Å²) in [5.74, 6) is 0.582. The van der Waals surface area contributed by atoms with Crippen LogP contribution < -0.4 is 4.74 Å². The maximum atomic E-state index is 13.1. The second-order valence-corrected chi connectivity index (χ2v) is 9.29. The van der Waals surface area contributed by atoms with Crippen molar-refractivity contribution in [3.05, 3.63) is 35.6 Å². The van der Waals surface area contributed by atoms with Gasteiger partial charge >= 0.3 is 0 Å². The summed E-state index contributed by atoms with van der Waals surface area (Å²) in [4.78, 5) is 17.1. The second-order valence-electron chi connectivity index (χ2n) is 9.29. The normalized spacial score (nSPS) is 40.3. The number of benzene rings is 1. The Morgan fingerprint density at radius 2 is 2.07 bits per heavy atom. The molecule has 1 aromatic carbocycles. The summed E-state index contributed by atoms with van der Waals surface area (Å²) >= 11 is 0. The van der Waals surface area contributed by atoms with Crippen LogP contribution >= 0.6 is 0 Å². The number of likely N-dealkylation sites (tertiary alicyclic amines) is 1. The summed E-state index contributed by atoms with van der Waals surface area (Å²) in [5, 5.41) is 10.7. The number of hydrogen-bond donors (Lipinski definition) is 1. The molecule has 7 heteroatoms. The van der Waals surface area contributed by atoms with Crippen LogP contribution in [0.15, 0.2) is 24.5 Å². The highest BCUT2D eigenvalue weighted by Gasteiger charge is 2.72. The average Bonchev–Trinajstić information content (AvgIpc) is 2.69. The van der Waals surface area contributed by atoms with E-state index in [1.807, 2.05) is 6.07 Å². The molecule has 7 rings (SSSR count). The summed E-state index contributed by atoms with van der Waals surface area (Å²) in [7, 11) is 3.90. The Labute approximate surface area is 169 Å². The number of carbonyl (C=O) groups excluding carboxylic acids is 1. The lowest BCUT2D eigenvalue weighted by Crippen LogP contribution is -2.78. The van der Waals surface area contributed by atoms with E-state index in [9.17, 15) is 9.90 Å². The molecule has 4 heterocycles. The Balaban J connectivity index is 1.72. The molecule has 4 bridgehead atoms. The van der Waals surface area contributed by atoms with Crippen LogP contribution in [-0.2, 0) is 26.1 Å². The minimum absolute atomic E-state index is 0.0125. The number of nitrogens with zero attached hydrogens (tertiary/aromatic N) is 2. The second kappa shape index (κ2) is 5.26. The standard InChI is InChI=1S/C22H26N2O5/c1-13-19(26)24(3)21-6-7-22(29-13)16-10-14-4-5-15(25)18(27-12-28-21)17(14)20(22,11-21)8-9-23(16)2/h4-5,16,25H,1,6-12H2,2-3H3. The summed E-state index contributed by atoms with van der Waals surface area (Å²) in [6, 6.07) is 3.85. The Morgan fingerprint density at radius 1 is 1.24 bits per heavy atom. The molecule has 7 nitrogen and oxygen atoms in total. The first-order valence-corrected chi connectivity index (χ1v) is 10.3. The molecule has 1 aromatic rings. The first kappa shape index (κ1) is 17.6. The number of phenolic OH excluding ortho intramolecular Hbond substituents is 1. The molecule has 4 atom stereocenters. The maximum Gasteiger partial charge on any atom is 0.290 e. The molecule has 154 valence electrons. The third kappa shape index (κ3) is 1.84. The Morgan fingerprint density at radius 3 is 2.90 bits per heavy atom. The average molecular weight is 398 g/mol. The molecule has 4 aliphatic heterocycles. The van der Waals surface area contributed by atoms with Crippen LogP contribution in [0.2, 0.25) is 0 Å². The van der Waals surface area contributed by atoms with Crippen molar-refractivity contribution in [2.75, 3.05) is 27.4 Å². The zero-order chi connectivity index (χ0) is 20.2. The summed E-state index contributed by atoms with van der Waals surface area (Å²) in [6.45, 7) is 4.91. The van der Waals surface area contributed by atoms with Crippen molar-refractivity contribution < 1.29 is 24.1 Å². The third-order valence-corrected chi connectivity index (χ3v) is 8.34. The molecule has 4 fully saturated rings. The smallest absolute Gasteiger partial charge is 0.290 e. The molecular weight excluding hydrogens is 372 g/mol. The van der Waals surface area contributed by atoms with E-state index in [1.54, 1.807) is 18.0 Å². The van der Waals surface area contributed by atoms with E-state index < -0.39 is 16.7 Å². The minimum atomic E-state index is -0.772. The van der Waals surface area contributed by atoms with E-state index >= 15 is 0 Å². The molecular formula is C22H26N2O5. The highest BCUT2D eigenvalue weighted by Crippen LogP contribution is 2.66. The molecule has 3 saturated heterocycles. The van der Waals surface area contributed by atoms with Gasteiger partial charge in [-0.15, -0.1) is 0 Å². The number of carbonyl (C=O) groups is 1. The van der Waals surface area contributed by atoms with E-state index in [0.717, 1.165) is 31.4 Å². The van der Waals surface area contributed by atoms with Gasteiger partial charge in [-0.2, -0.15) is 0 Å². The number of rotatable bonds is 0. The van der Waals surface area contributed by atoms with Gasteiger partial charge in [-0.25, -0.2) is 0 Å². The maximum absolute atomic E-state index is 13.1. The van der Waals surface area contributed by atoms with Crippen LogP contribution in [0.5, 0.6) is 11.5 Å². The molecule has 2 aliphatic carbocycles. The zero-order valence-corrected chi connectivity index (χ0v) is 16.9. The van der Waals surface area contributed by atoms with E-state index in [4.69, 9.17) is 14.2 Å². The highest BCUT2D eigenvalue weighted by atomic mass is 16.7. The van der Waals surface area contributed by atoms with E-state index in [2.05, 4.69) is 18.5 Å². The van der Waals surface area contributed by atoms with Crippen LogP contribution in [0.1, 0.15) is 36.8 Å². The number of phenols is 1. The van der Waals surface area contributed by atoms with Crippen molar-refractivity contribution in [1.82, 2.24) is 9.80 Å². The van der Waals surface area contributed by atoms with Crippen molar-refractivity contribution in [1.29, 1.82) is 0 Å². The molecule has 4 unspecified atom stereocenters. The number of aromatic hydroxyl groups is 1. The zero-order valence-electron chi connectivity index (χ0n) is 16.9. The van der Waals surface area contributed by atoms with Crippen molar-refractivity contribution in [2.45, 2.75) is 54.9 Å². The Hall–Kier alpha value is -2.25. The fourth-order valence-corrected chi connectivity index (χ4v) is 6.96. The van der Waals surface area contributed by atoms with Gasteiger partial charge in [-0.1, -0.05) is 12.6 Å². The molecule has 0 radical (unpaired) electrons. The molecule has 1 amide bonds. The summed E-state index contributed by atoms with van der Waals surface area (Å²) in [6.07, 6.45) is 3.70. The van der Waals surface area contributed by atoms with Gasteiger partial charge in [0.25, 0.3) is 5.91 Å². The number of hydrogen-bond acceptors (Lipinski definition) is 6. The van der Waals surface area contributed by atoms with E-state index in [1.165, 1.54) is 5.56 Å². The van der Waals surface area contributed by atoms with Gasteiger partial charge in [-0.05, 0) is 50.9 Å². The Kier molecular flexibility index (Phi) is 3.19. The lowest BCUT2D eigenvalue weighted by Gasteiger charge is -2.69. The minimum Gasteiger partial charge on any atom is -0.504 e. The number of ether oxygens (including phenoxy) is 3. The van der Waals surface area contributed by atoms with Crippen molar-refractivity contribution in [2.24, 2.45) is 0 Å². The number of fused-ring (bicyclic) bond motifs is 4. The third-order valence-electron chi connectivity index (χ3n) is 8.34. The van der Waals surface area contributed by atoms with Crippen LogP contribution in [0.25, 0.3) is 0 Å². The van der Waals surface area contributed by atoms with Gasteiger partial charge < -0.3 is 24.2 Å². The van der Waals surface area contributed by atoms with Gasteiger partial charge in [0.1, 0.15) is 11.3 Å². The van der Waals surface area contributed by atoms with Crippen LogP contribution in [0.4, 0.5) is 0 Å². The van der Waals surface area contributed by atoms with Gasteiger partial charge in [-0.3, -0.25) is 9.69 Å². The van der Waals surface area contributed by atoms with Crippen molar-refractivity contribution >= 4 is 5.91 Å². The number of likely N-dealkylation sites (N-methyl/N-ethyl adjacent to an activating group) is 2. The van der Waals surface area contributed by atoms with Crippen LogP contribution in [0.3, 0.4) is 0 Å². The van der Waals surface area contributed by atoms with Crippen LogP contribution in [-0.4, -0.2) is 65.6 Å². The predicted octanol–water partition coefficient (Wildman–Crippen LogP) is 1.88. The van der Waals surface area contributed by atoms with Gasteiger partial charge in [0, 0.05) is 24.4 Å². The van der Waals surface area contributed by atoms with Gasteiger partial charge in [0.2, 0.25) is 0 Å². The van der Waals surface area contributed by atoms with Crippen LogP contribution in [0, 0.1) is 0 Å². The quantitative estimate of drug-likeness (QED) is 0.673. The number of piperidine rings is 1. The summed E-state index contributed by atoms with van der Waals surface area (Å²) < 4.78 is 18.9. The van der Waals surface area contributed by atoms with E-state index in [-0.39, 0.29) is 30.3 Å². The highest BCUT2D eigenvalue weighted by molar-refractivity contribution is 5.91. The van der Waals surface area contributed by atoms with Gasteiger partial charge in [0.15, 0.2) is 24.1 Å². The predicted molar refractivity (Wildman–Crippen MR) is 103 cm³/mol. The first-order chi connectivity index (χ1) is 13.8.